The molecule has 1 aliphatic rings. The molecule has 104 valence electrons. The first-order valence-corrected chi connectivity index (χ1v) is 6.90. The smallest absolute Gasteiger partial charge is 0.337 e. The molecule has 19 heavy (non-hydrogen) atoms. The standard InChI is InChI=1S/C11H11FO6S/c12-8-3-6(10(13)11(14)15)1-2-9(8)19(16,17)7-4-18-5-7/h1-3,7,10,13H,4-5H2,(H,14,15). The SMILES string of the molecule is O=C(O)C(O)c1ccc(S(=O)(=O)C2COC2)c(F)c1. The van der Waals surface area contributed by atoms with Crippen molar-refractivity contribution in [2.24, 2.45) is 0 Å². The van der Waals surface area contributed by atoms with Crippen molar-refractivity contribution in [2.45, 2.75) is 16.2 Å². The number of aliphatic hydroxyl groups excluding tert-OH is 1. The van der Waals surface area contributed by atoms with Crippen molar-refractivity contribution in [1.29, 1.82) is 0 Å². The number of hydrogen-bond donors (Lipinski definition) is 2. The molecule has 1 unspecified atom stereocenters. The van der Waals surface area contributed by atoms with E-state index < -0.39 is 37.9 Å². The molecular formula is C11H11FO6S. The largest absolute Gasteiger partial charge is 0.479 e. The molecule has 1 heterocycles. The Bertz CT molecular complexity index is 608. The van der Waals surface area contributed by atoms with Crippen LogP contribution in [0.3, 0.4) is 0 Å². The second-order valence-corrected chi connectivity index (χ2v) is 6.33. The minimum atomic E-state index is -3.82. The summed E-state index contributed by atoms with van der Waals surface area (Å²) in [7, 11) is -3.82. The molecule has 0 saturated carbocycles. The fourth-order valence-electron chi connectivity index (χ4n) is 1.63. The lowest BCUT2D eigenvalue weighted by atomic mass is 10.1. The van der Waals surface area contributed by atoms with Crippen molar-refractivity contribution in [3.05, 3.63) is 29.6 Å². The van der Waals surface area contributed by atoms with Gasteiger partial charge in [0.15, 0.2) is 15.9 Å². The number of rotatable bonds is 4. The van der Waals surface area contributed by atoms with Crippen LogP contribution in [0, 0.1) is 5.82 Å². The lowest BCUT2D eigenvalue weighted by Gasteiger charge is -2.25. The van der Waals surface area contributed by atoms with Gasteiger partial charge in [0.25, 0.3) is 0 Å². The molecule has 1 fully saturated rings. The monoisotopic (exact) mass is 290 g/mol. The first-order chi connectivity index (χ1) is 8.84. The molecule has 0 bridgehead atoms. The highest BCUT2D eigenvalue weighted by molar-refractivity contribution is 7.92. The third-order valence-electron chi connectivity index (χ3n) is 2.86. The lowest BCUT2D eigenvalue weighted by molar-refractivity contribution is -0.146. The van der Waals surface area contributed by atoms with Crippen molar-refractivity contribution >= 4 is 15.8 Å². The normalized spacial score (nSPS) is 17.8. The quantitative estimate of drug-likeness (QED) is 0.816. The predicted octanol–water partition coefficient (Wildman–Crippen LogP) is 0.116. The maximum atomic E-state index is 13.8. The number of benzene rings is 1. The molecule has 1 atom stereocenters. The van der Waals surface area contributed by atoms with Crippen LogP contribution in [0.4, 0.5) is 4.39 Å². The Morgan fingerprint density at radius 3 is 2.47 bits per heavy atom. The van der Waals surface area contributed by atoms with E-state index in [4.69, 9.17) is 9.84 Å². The number of ether oxygens (including phenoxy) is 1. The number of aliphatic carboxylic acids is 1. The minimum Gasteiger partial charge on any atom is -0.479 e. The summed E-state index contributed by atoms with van der Waals surface area (Å²) in [6.45, 7) is 0.0303. The van der Waals surface area contributed by atoms with Gasteiger partial charge < -0.3 is 14.9 Å². The van der Waals surface area contributed by atoms with Gasteiger partial charge in [0.05, 0.1) is 13.2 Å². The highest BCUT2D eigenvalue weighted by Gasteiger charge is 2.36. The van der Waals surface area contributed by atoms with E-state index in [1.807, 2.05) is 0 Å². The molecule has 0 aliphatic carbocycles. The summed E-state index contributed by atoms with van der Waals surface area (Å²) in [6.07, 6.45) is -1.89. The molecule has 0 amide bonds. The van der Waals surface area contributed by atoms with Crippen LogP contribution in [0.1, 0.15) is 11.7 Å². The maximum absolute atomic E-state index is 13.8. The number of carboxylic acids is 1. The van der Waals surface area contributed by atoms with Gasteiger partial charge in [0.1, 0.15) is 16.0 Å². The Hall–Kier alpha value is -1.51. The van der Waals surface area contributed by atoms with Crippen LogP contribution in [0.2, 0.25) is 0 Å². The molecule has 1 saturated heterocycles. The summed E-state index contributed by atoms with van der Waals surface area (Å²) in [5, 5.41) is 17.1. The molecule has 0 aromatic heterocycles. The number of sulfone groups is 1. The van der Waals surface area contributed by atoms with Gasteiger partial charge in [0, 0.05) is 0 Å². The Morgan fingerprint density at radius 2 is 2.05 bits per heavy atom. The zero-order chi connectivity index (χ0) is 14.2. The van der Waals surface area contributed by atoms with Crippen LogP contribution < -0.4 is 0 Å². The third-order valence-corrected chi connectivity index (χ3v) is 4.95. The van der Waals surface area contributed by atoms with Gasteiger partial charge in [-0.3, -0.25) is 0 Å². The first kappa shape index (κ1) is 13.9. The van der Waals surface area contributed by atoms with Crippen LogP contribution >= 0.6 is 0 Å². The van der Waals surface area contributed by atoms with Crippen LogP contribution in [0.15, 0.2) is 23.1 Å². The topological polar surface area (TPSA) is 101 Å². The minimum absolute atomic E-state index is 0.0152. The Balaban J connectivity index is 2.37. The van der Waals surface area contributed by atoms with E-state index in [1.165, 1.54) is 0 Å². The van der Waals surface area contributed by atoms with Gasteiger partial charge in [-0.25, -0.2) is 17.6 Å². The number of hydrogen-bond acceptors (Lipinski definition) is 5. The summed E-state index contributed by atoms with van der Waals surface area (Å²) in [5.41, 5.74) is -0.214. The molecule has 1 aliphatic heterocycles. The van der Waals surface area contributed by atoms with Gasteiger partial charge in [-0.05, 0) is 17.7 Å². The van der Waals surface area contributed by atoms with Crippen molar-refractivity contribution < 1.29 is 32.6 Å². The highest BCUT2D eigenvalue weighted by Crippen LogP contribution is 2.26. The van der Waals surface area contributed by atoms with Gasteiger partial charge in [-0.1, -0.05) is 6.07 Å². The average Bonchev–Trinajstić information content (AvgIpc) is 2.24. The third kappa shape index (κ3) is 2.46. The Kier molecular flexibility index (Phi) is 3.57. The molecule has 0 radical (unpaired) electrons. The number of aliphatic hydroxyl groups is 1. The number of carboxylic acid groups (broad SMARTS) is 1. The second-order valence-electron chi connectivity index (χ2n) is 4.14. The molecule has 8 heteroatoms. The van der Waals surface area contributed by atoms with Gasteiger partial charge in [-0.2, -0.15) is 0 Å². The average molecular weight is 290 g/mol. The zero-order valence-electron chi connectivity index (χ0n) is 9.61. The summed E-state index contributed by atoms with van der Waals surface area (Å²) in [4.78, 5) is 10.0. The van der Waals surface area contributed by atoms with Crippen molar-refractivity contribution in [3.8, 4) is 0 Å². The van der Waals surface area contributed by atoms with Crippen molar-refractivity contribution in [1.82, 2.24) is 0 Å². The Morgan fingerprint density at radius 1 is 1.42 bits per heavy atom. The Labute approximate surface area is 108 Å². The van der Waals surface area contributed by atoms with Crippen LogP contribution in [0.25, 0.3) is 0 Å². The van der Waals surface area contributed by atoms with Crippen LogP contribution in [0.5, 0.6) is 0 Å². The zero-order valence-corrected chi connectivity index (χ0v) is 10.4. The van der Waals surface area contributed by atoms with E-state index in [2.05, 4.69) is 0 Å². The van der Waals surface area contributed by atoms with Crippen LogP contribution in [-0.4, -0.2) is 43.1 Å². The van der Waals surface area contributed by atoms with Gasteiger partial charge in [-0.15, -0.1) is 0 Å². The van der Waals surface area contributed by atoms with E-state index >= 15 is 0 Å². The molecule has 2 rings (SSSR count). The molecular weight excluding hydrogens is 279 g/mol. The molecule has 2 N–H and O–H groups in total. The number of halogens is 1. The van der Waals surface area contributed by atoms with Crippen LogP contribution in [-0.2, 0) is 19.4 Å². The molecule has 1 aromatic carbocycles. The fourth-order valence-corrected chi connectivity index (χ4v) is 3.13. The molecule has 1 aromatic rings. The molecule has 0 spiro atoms. The van der Waals surface area contributed by atoms with E-state index in [1.54, 1.807) is 0 Å². The molecule has 6 nitrogen and oxygen atoms in total. The summed E-state index contributed by atoms with van der Waals surface area (Å²) >= 11 is 0. The second kappa shape index (κ2) is 4.87. The van der Waals surface area contributed by atoms with Gasteiger partial charge >= 0.3 is 5.97 Å². The first-order valence-electron chi connectivity index (χ1n) is 5.36. The highest BCUT2D eigenvalue weighted by atomic mass is 32.2. The van der Waals surface area contributed by atoms with E-state index in [9.17, 15) is 22.7 Å². The van der Waals surface area contributed by atoms with Gasteiger partial charge in [0.2, 0.25) is 0 Å². The fraction of sp³-hybridized carbons (Fsp3) is 0.364. The van der Waals surface area contributed by atoms with Crippen molar-refractivity contribution in [2.75, 3.05) is 13.2 Å². The van der Waals surface area contributed by atoms with E-state index in [0.717, 1.165) is 12.1 Å². The van der Waals surface area contributed by atoms with Crippen molar-refractivity contribution in [3.63, 3.8) is 0 Å². The lowest BCUT2D eigenvalue weighted by Crippen LogP contribution is -2.41. The van der Waals surface area contributed by atoms with E-state index in [0.29, 0.717) is 6.07 Å². The maximum Gasteiger partial charge on any atom is 0.337 e. The summed E-state index contributed by atoms with van der Waals surface area (Å²) < 4.78 is 42.4. The predicted molar refractivity (Wildman–Crippen MR) is 60.8 cm³/mol. The summed E-state index contributed by atoms with van der Waals surface area (Å²) in [6, 6.07) is 2.75. The number of carbonyl (C=O) groups is 1. The summed E-state index contributed by atoms with van der Waals surface area (Å²) in [5.74, 6) is -2.62. The van der Waals surface area contributed by atoms with E-state index in [-0.39, 0.29) is 18.8 Å².